The van der Waals surface area contributed by atoms with E-state index >= 15 is 0 Å². The van der Waals surface area contributed by atoms with Crippen molar-refractivity contribution >= 4 is 11.8 Å². The first kappa shape index (κ1) is 17.5. The first-order valence-electron chi connectivity index (χ1n) is 9.96. The summed E-state index contributed by atoms with van der Waals surface area (Å²) in [4.78, 5) is 26.3. The molecule has 5 atom stereocenters. The summed E-state index contributed by atoms with van der Waals surface area (Å²) in [6.45, 7) is 6.05. The van der Waals surface area contributed by atoms with Crippen LogP contribution >= 0.6 is 0 Å². The monoisotopic (exact) mass is 352 g/mol. The molecule has 4 heteroatoms. The van der Waals surface area contributed by atoms with Crippen molar-refractivity contribution in [2.75, 3.05) is 0 Å². The van der Waals surface area contributed by atoms with Crippen LogP contribution in [0.3, 0.4) is 0 Å². The van der Waals surface area contributed by atoms with Gasteiger partial charge in [0, 0.05) is 18.9 Å². The molecule has 1 saturated heterocycles. The lowest BCUT2D eigenvalue weighted by Crippen LogP contribution is -2.65. The third-order valence-corrected chi connectivity index (χ3v) is 8.01. The molecular formula is C22H28N2O2. The fourth-order valence-electron chi connectivity index (χ4n) is 6.73. The summed E-state index contributed by atoms with van der Waals surface area (Å²) < 4.78 is 0. The quantitative estimate of drug-likeness (QED) is 0.658. The summed E-state index contributed by atoms with van der Waals surface area (Å²) in [5, 5.41) is 9.28. The van der Waals surface area contributed by atoms with Crippen LogP contribution in [0.2, 0.25) is 0 Å². The number of amides is 2. The van der Waals surface area contributed by atoms with E-state index in [-0.39, 0.29) is 22.8 Å². The van der Waals surface area contributed by atoms with Crippen LogP contribution in [0.4, 0.5) is 0 Å². The predicted octanol–water partition coefficient (Wildman–Crippen LogP) is 4.14. The Balaban J connectivity index is 1.72. The summed E-state index contributed by atoms with van der Waals surface area (Å²) in [6, 6.07) is 2.34. The van der Waals surface area contributed by atoms with Crippen molar-refractivity contribution in [2.24, 2.45) is 23.2 Å². The minimum atomic E-state index is -0.327. The van der Waals surface area contributed by atoms with E-state index in [2.05, 4.69) is 32.1 Å². The number of rotatable bonds is 0. The molecule has 26 heavy (non-hydrogen) atoms. The number of imide groups is 1. The van der Waals surface area contributed by atoms with E-state index < -0.39 is 0 Å². The number of allylic oxidation sites excluding steroid dienone is 4. The summed E-state index contributed by atoms with van der Waals surface area (Å²) in [6.07, 6.45) is 10.7. The molecule has 0 aromatic heterocycles. The van der Waals surface area contributed by atoms with E-state index in [0.717, 1.165) is 44.1 Å². The van der Waals surface area contributed by atoms with Gasteiger partial charge in [0.1, 0.15) is 0 Å². The van der Waals surface area contributed by atoms with Crippen LogP contribution in [0.1, 0.15) is 65.7 Å². The van der Waals surface area contributed by atoms with Gasteiger partial charge in [0.15, 0.2) is 0 Å². The lowest BCUT2D eigenvalue weighted by atomic mass is 9.48. The van der Waals surface area contributed by atoms with E-state index in [1.54, 1.807) is 4.90 Å². The molecule has 0 spiro atoms. The standard InChI is InChI=1S/C22H28N2O2/c1-14(25)24-20(26)7-6-19-17-5-4-16-12-15(13-23)8-10-21(16,2)18(17)9-11-22(19,24)3/h4,12,17-19H,5-11H2,1-3H3/t17-,18+,19+,21+,22+/m1/s1. The van der Waals surface area contributed by atoms with Gasteiger partial charge in [-0.1, -0.05) is 13.0 Å². The van der Waals surface area contributed by atoms with Crippen LogP contribution in [-0.4, -0.2) is 22.3 Å². The number of nitrogens with zero attached hydrogens (tertiary/aromatic N) is 2. The van der Waals surface area contributed by atoms with Gasteiger partial charge in [-0.3, -0.25) is 14.5 Å². The zero-order valence-corrected chi connectivity index (χ0v) is 16.0. The second-order valence-electron chi connectivity index (χ2n) is 9.15. The molecule has 0 aromatic carbocycles. The van der Waals surface area contributed by atoms with Gasteiger partial charge < -0.3 is 0 Å². The van der Waals surface area contributed by atoms with Crippen molar-refractivity contribution in [3.63, 3.8) is 0 Å². The highest BCUT2D eigenvalue weighted by atomic mass is 16.2. The Hall–Kier alpha value is -1.89. The molecule has 1 saturated carbocycles. The summed E-state index contributed by atoms with van der Waals surface area (Å²) in [5.74, 6) is 1.40. The third-order valence-electron chi connectivity index (χ3n) is 8.01. The molecule has 0 aromatic rings. The Morgan fingerprint density at radius 3 is 2.69 bits per heavy atom. The highest BCUT2D eigenvalue weighted by Gasteiger charge is 2.58. The second-order valence-corrected chi connectivity index (χ2v) is 9.15. The Bertz CT molecular complexity index is 774. The molecule has 0 N–H and O–H groups in total. The normalized spacial score (nSPS) is 41.8. The molecule has 0 bridgehead atoms. The van der Waals surface area contributed by atoms with Crippen LogP contribution < -0.4 is 0 Å². The lowest BCUT2D eigenvalue weighted by Gasteiger charge is -2.61. The van der Waals surface area contributed by atoms with Crippen LogP contribution in [0, 0.1) is 34.5 Å². The van der Waals surface area contributed by atoms with E-state index in [9.17, 15) is 14.9 Å². The van der Waals surface area contributed by atoms with Crippen LogP contribution in [0.25, 0.3) is 0 Å². The molecular weight excluding hydrogens is 324 g/mol. The number of piperidine rings is 1. The zero-order valence-electron chi connectivity index (χ0n) is 16.0. The number of hydrogen-bond acceptors (Lipinski definition) is 3. The van der Waals surface area contributed by atoms with E-state index in [1.807, 2.05) is 0 Å². The minimum absolute atomic E-state index is 0.00668. The van der Waals surface area contributed by atoms with Gasteiger partial charge in [-0.25, -0.2) is 0 Å². The zero-order chi connectivity index (χ0) is 18.7. The van der Waals surface area contributed by atoms with Gasteiger partial charge in [-0.15, -0.1) is 0 Å². The van der Waals surface area contributed by atoms with Gasteiger partial charge in [-0.05, 0) is 80.3 Å². The molecule has 1 heterocycles. The molecule has 1 aliphatic heterocycles. The van der Waals surface area contributed by atoms with Gasteiger partial charge in [0.25, 0.3) is 0 Å². The predicted molar refractivity (Wildman–Crippen MR) is 98.6 cm³/mol. The van der Waals surface area contributed by atoms with Crippen LogP contribution in [0.5, 0.6) is 0 Å². The SMILES string of the molecule is CC(=O)N1C(=O)CC[C@H]2[C@@H]3CC=C4C=C(C#N)CC[C@]4(C)[C@H]3CC[C@@]21C. The number of carbonyl (C=O) groups is 2. The topological polar surface area (TPSA) is 61.2 Å². The average molecular weight is 352 g/mol. The molecule has 2 fully saturated rings. The van der Waals surface area contributed by atoms with Gasteiger partial charge in [-0.2, -0.15) is 5.26 Å². The first-order valence-corrected chi connectivity index (χ1v) is 9.96. The smallest absolute Gasteiger partial charge is 0.229 e. The average Bonchev–Trinajstić information content (AvgIpc) is 2.59. The van der Waals surface area contributed by atoms with Gasteiger partial charge in [0.05, 0.1) is 11.6 Å². The fraction of sp³-hybridized carbons (Fsp3) is 0.682. The molecule has 138 valence electrons. The summed E-state index contributed by atoms with van der Waals surface area (Å²) in [5.41, 5.74) is 2.05. The summed E-state index contributed by atoms with van der Waals surface area (Å²) in [7, 11) is 0. The number of fused-ring (bicyclic) bond motifs is 5. The first-order chi connectivity index (χ1) is 12.3. The Morgan fingerprint density at radius 2 is 2.00 bits per heavy atom. The van der Waals surface area contributed by atoms with Crippen molar-refractivity contribution in [1.29, 1.82) is 5.26 Å². The fourth-order valence-corrected chi connectivity index (χ4v) is 6.73. The van der Waals surface area contributed by atoms with E-state index in [0.29, 0.717) is 24.2 Å². The molecule has 0 radical (unpaired) electrons. The van der Waals surface area contributed by atoms with Gasteiger partial charge in [0.2, 0.25) is 11.8 Å². The van der Waals surface area contributed by atoms with Crippen molar-refractivity contribution < 1.29 is 9.59 Å². The van der Waals surface area contributed by atoms with Crippen molar-refractivity contribution in [2.45, 2.75) is 71.3 Å². The van der Waals surface area contributed by atoms with Crippen LogP contribution in [-0.2, 0) is 9.59 Å². The maximum absolute atomic E-state index is 12.5. The second kappa shape index (κ2) is 5.81. The Labute approximate surface area is 155 Å². The third kappa shape index (κ3) is 2.25. The molecule has 4 rings (SSSR count). The number of likely N-dealkylation sites (tertiary alicyclic amines) is 1. The maximum Gasteiger partial charge on any atom is 0.229 e. The lowest BCUT2D eigenvalue weighted by molar-refractivity contribution is -0.167. The number of hydrogen-bond donors (Lipinski definition) is 0. The van der Waals surface area contributed by atoms with E-state index in [1.165, 1.54) is 12.5 Å². The maximum atomic E-state index is 12.5. The van der Waals surface area contributed by atoms with Crippen molar-refractivity contribution in [3.8, 4) is 6.07 Å². The molecule has 0 unspecified atom stereocenters. The van der Waals surface area contributed by atoms with E-state index in [4.69, 9.17) is 0 Å². The van der Waals surface area contributed by atoms with Crippen molar-refractivity contribution in [3.05, 3.63) is 23.3 Å². The largest absolute Gasteiger partial charge is 0.277 e. The minimum Gasteiger partial charge on any atom is -0.277 e. The number of nitriles is 1. The van der Waals surface area contributed by atoms with Gasteiger partial charge >= 0.3 is 0 Å². The molecule has 3 aliphatic carbocycles. The molecule has 4 nitrogen and oxygen atoms in total. The highest BCUT2D eigenvalue weighted by Crippen LogP contribution is 2.61. The van der Waals surface area contributed by atoms with Crippen molar-refractivity contribution in [1.82, 2.24) is 4.90 Å². The Morgan fingerprint density at radius 1 is 1.23 bits per heavy atom. The van der Waals surface area contributed by atoms with Crippen LogP contribution in [0.15, 0.2) is 23.3 Å². The Kier molecular flexibility index (Phi) is 3.91. The molecule has 2 amide bonds. The summed E-state index contributed by atoms with van der Waals surface area (Å²) >= 11 is 0. The number of carbonyl (C=O) groups excluding carboxylic acids is 2. The molecule has 4 aliphatic rings. The highest BCUT2D eigenvalue weighted by molar-refractivity contribution is 5.95.